The summed E-state index contributed by atoms with van der Waals surface area (Å²) >= 11 is 0. The van der Waals surface area contributed by atoms with Gasteiger partial charge in [-0.15, -0.1) is 0 Å². The van der Waals surface area contributed by atoms with E-state index in [0.29, 0.717) is 6.54 Å². The Morgan fingerprint density at radius 1 is 1.28 bits per heavy atom. The van der Waals surface area contributed by atoms with Crippen LogP contribution in [0.3, 0.4) is 0 Å². The van der Waals surface area contributed by atoms with Gasteiger partial charge in [0.25, 0.3) is 0 Å². The van der Waals surface area contributed by atoms with Gasteiger partial charge in [0.15, 0.2) is 5.82 Å². The Balaban J connectivity index is 1.53. The van der Waals surface area contributed by atoms with Crippen molar-refractivity contribution in [3.8, 4) is 0 Å². The topological polar surface area (TPSA) is 62.5 Å². The second-order valence-electron chi connectivity index (χ2n) is 6.51. The molecule has 1 saturated heterocycles. The summed E-state index contributed by atoms with van der Waals surface area (Å²) in [7, 11) is 0. The van der Waals surface area contributed by atoms with E-state index in [0.717, 1.165) is 42.1 Å². The molecular formula is C19H21N5O. The molecule has 1 unspecified atom stereocenters. The van der Waals surface area contributed by atoms with Gasteiger partial charge in [-0.3, -0.25) is 4.79 Å². The molecule has 0 saturated carbocycles. The van der Waals surface area contributed by atoms with Crippen LogP contribution in [0.25, 0.3) is 5.52 Å². The number of amides is 1. The third kappa shape index (κ3) is 3.20. The van der Waals surface area contributed by atoms with Gasteiger partial charge in [0, 0.05) is 31.2 Å². The average Bonchev–Trinajstić information content (AvgIpc) is 3.03. The molecular weight excluding hydrogens is 314 g/mol. The predicted molar refractivity (Wildman–Crippen MR) is 97.7 cm³/mol. The molecule has 3 heterocycles. The minimum absolute atomic E-state index is 0.0416. The number of carbonyl (C=O) groups excluding carboxylic acids is 1. The molecule has 1 atom stereocenters. The quantitative estimate of drug-likeness (QED) is 0.799. The third-order valence-electron chi connectivity index (χ3n) is 4.62. The van der Waals surface area contributed by atoms with E-state index in [1.165, 1.54) is 0 Å². The molecule has 4 rings (SSSR count). The molecule has 1 aromatic carbocycles. The fourth-order valence-corrected chi connectivity index (χ4v) is 3.42. The van der Waals surface area contributed by atoms with Crippen LogP contribution in [0, 0.1) is 12.8 Å². The first-order valence-electron chi connectivity index (χ1n) is 8.62. The molecule has 1 aliphatic rings. The molecule has 1 aliphatic heterocycles. The molecule has 25 heavy (non-hydrogen) atoms. The van der Waals surface area contributed by atoms with Crippen LogP contribution < -0.4 is 10.2 Å². The number of carbonyl (C=O) groups is 1. The monoisotopic (exact) mass is 335 g/mol. The van der Waals surface area contributed by atoms with Crippen molar-refractivity contribution in [3.63, 3.8) is 0 Å². The number of anilines is 2. The first-order valence-corrected chi connectivity index (χ1v) is 8.62. The van der Waals surface area contributed by atoms with Crippen LogP contribution in [0.1, 0.15) is 18.5 Å². The minimum Gasteiger partial charge on any atom is -0.354 e. The number of benzene rings is 1. The Kier molecular flexibility index (Phi) is 4.09. The zero-order valence-electron chi connectivity index (χ0n) is 14.2. The van der Waals surface area contributed by atoms with Crippen LogP contribution in [0.5, 0.6) is 0 Å². The lowest BCUT2D eigenvalue weighted by Crippen LogP contribution is -2.41. The number of aryl methyl sites for hydroxylation is 1. The van der Waals surface area contributed by atoms with Crippen LogP contribution >= 0.6 is 0 Å². The van der Waals surface area contributed by atoms with Crippen molar-refractivity contribution in [2.45, 2.75) is 19.8 Å². The van der Waals surface area contributed by atoms with E-state index in [1.54, 1.807) is 6.20 Å². The zero-order valence-corrected chi connectivity index (χ0v) is 14.2. The largest absolute Gasteiger partial charge is 0.354 e. The molecule has 1 fully saturated rings. The average molecular weight is 335 g/mol. The Bertz CT molecular complexity index is 889. The van der Waals surface area contributed by atoms with Crippen LogP contribution in [-0.2, 0) is 4.79 Å². The fraction of sp³-hybridized carbons (Fsp3) is 0.316. The van der Waals surface area contributed by atoms with Gasteiger partial charge < -0.3 is 10.2 Å². The summed E-state index contributed by atoms with van der Waals surface area (Å²) in [4.78, 5) is 19.4. The highest BCUT2D eigenvalue weighted by atomic mass is 16.1. The predicted octanol–water partition coefficient (Wildman–Crippen LogP) is 2.89. The van der Waals surface area contributed by atoms with Crippen molar-refractivity contribution in [3.05, 3.63) is 54.5 Å². The maximum Gasteiger partial charge on any atom is 0.229 e. The molecule has 128 valence electrons. The second-order valence-corrected chi connectivity index (χ2v) is 6.51. The summed E-state index contributed by atoms with van der Waals surface area (Å²) in [5.41, 5.74) is 2.80. The van der Waals surface area contributed by atoms with Gasteiger partial charge in [0.2, 0.25) is 5.91 Å². The molecule has 2 aromatic heterocycles. The number of hydrogen-bond donors (Lipinski definition) is 1. The highest BCUT2D eigenvalue weighted by Gasteiger charge is 2.27. The Labute approximate surface area is 146 Å². The lowest BCUT2D eigenvalue weighted by Gasteiger charge is -2.33. The normalized spacial score (nSPS) is 17.6. The van der Waals surface area contributed by atoms with Crippen LogP contribution in [0.15, 0.2) is 48.8 Å². The molecule has 0 aliphatic carbocycles. The summed E-state index contributed by atoms with van der Waals surface area (Å²) in [5.74, 6) is 0.938. The molecule has 0 radical (unpaired) electrons. The van der Waals surface area contributed by atoms with Crippen molar-refractivity contribution in [2.24, 2.45) is 5.92 Å². The van der Waals surface area contributed by atoms with Crippen molar-refractivity contribution in [2.75, 3.05) is 23.3 Å². The number of para-hydroxylation sites is 1. The van der Waals surface area contributed by atoms with Crippen molar-refractivity contribution < 1.29 is 4.79 Å². The lowest BCUT2D eigenvalue weighted by atomic mass is 9.97. The van der Waals surface area contributed by atoms with E-state index in [-0.39, 0.29) is 11.8 Å². The maximum absolute atomic E-state index is 12.6. The second kappa shape index (κ2) is 6.55. The van der Waals surface area contributed by atoms with Crippen molar-refractivity contribution in [1.29, 1.82) is 0 Å². The summed E-state index contributed by atoms with van der Waals surface area (Å²) < 4.78 is 1.85. The first kappa shape index (κ1) is 15.6. The smallest absolute Gasteiger partial charge is 0.229 e. The molecule has 3 aromatic rings. The molecule has 6 nitrogen and oxygen atoms in total. The SMILES string of the molecule is Cc1cc2c(N3CCCC(C(=O)Nc4ccccc4)C3)nccn2n1. The maximum atomic E-state index is 12.6. The number of nitrogens with zero attached hydrogens (tertiary/aromatic N) is 4. The summed E-state index contributed by atoms with van der Waals surface area (Å²) in [6.07, 6.45) is 5.50. The molecule has 0 bridgehead atoms. The molecule has 1 N–H and O–H groups in total. The van der Waals surface area contributed by atoms with Gasteiger partial charge in [0.1, 0.15) is 5.52 Å². The van der Waals surface area contributed by atoms with Gasteiger partial charge in [-0.05, 0) is 38.0 Å². The van der Waals surface area contributed by atoms with E-state index in [4.69, 9.17) is 0 Å². The highest BCUT2D eigenvalue weighted by Crippen LogP contribution is 2.26. The van der Waals surface area contributed by atoms with Crippen LogP contribution in [0.4, 0.5) is 11.5 Å². The highest BCUT2D eigenvalue weighted by molar-refractivity contribution is 5.93. The van der Waals surface area contributed by atoms with E-state index >= 15 is 0 Å². The Hall–Kier alpha value is -2.89. The van der Waals surface area contributed by atoms with Crippen molar-refractivity contribution in [1.82, 2.24) is 14.6 Å². The van der Waals surface area contributed by atoms with Gasteiger partial charge in [-0.1, -0.05) is 18.2 Å². The third-order valence-corrected chi connectivity index (χ3v) is 4.62. The summed E-state index contributed by atoms with van der Waals surface area (Å²) in [6.45, 7) is 3.56. The van der Waals surface area contributed by atoms with E-state index in [2.05, 4.69) is 20.3 Å². The number of piperidine rings is 1. The first-order chi connectivity index (χ1) is 12.2. The minimum atomic E-state index is -0.0416. The van der Waals surface area contributed by atoms with E-state index < -0.39 is 0 Å². The number of rotatable bonds is 3. The van der Waals surface area contributed by atoms with Gasteiger partial charge in [-0.25, -0.2) is 9.50 Å². The zero-order chi connectivity index (χ0) is 17.2. The van der Waals surface area contributed by atoms with Crippen LogP contribution in [0.2, 0.25) is 0 Å². The Morgan fingerprint density at radius 2 is 2.12 bits per heavy atom. The summed E-state index contributed by atoms with van der Waals surface area (Å²) in [5, 5.41) is 7.47. The van der Waals surface area contributed by atoms with Gasteiger partial charge in [0.05, 0.1) is 11.6 Å². The number of aromatic nitrogens is 3. The number of fused-ring (bicyclic) bond motifs is 1. The van der Waals surface area contributed by atoms with Crippen LogP contribution in [-0.4, -0.2) is 33.6 Å². The standard InChI is InChI=1S/C19H21N5O/c1-14-12-17-18(20-9-11-24(17)22-14)23-10-5-6-15(13-23)19(25)21-16-7-3-2-4-8-16/h2-4,7-9,11-12,15H,5-6,10,13H2,1H3,(H,21,25). The Morgan fingerprint density at radius 3 is 2.96 bits per heavy atom. The number of hydrogen-bond acceptors (Lipinski definition) is 4. The molecule has 1 amide bonds. The van der Waals surface area contributed by atoms with Gasteiger partial charge >= 0.3 is 0 Å². The number of nitrogens with one attached hydrogen (secondary N) is 1. The molecule has 6 heteroatoms. The molecule has 0 spiro atoms. The van der Waals surface area contributed by atoms with Gasteiger partial charge in [-0.2, -0.15) is 5.10 Å². The van der Waals surface area contributed by atoms with Crippen molar-refractivity contribution >= 4 is 22.9 Å². The summed E-state index contributed by atoms with van der Waals surface area (Å²) in [6, 6.07) is 11.7. The lowest BCUT2D eigenvalue weighted by molar-refractivity contribution is -0.120. The van der Waals surface area contributed by atoms with E-state index in [9.17, 15) is 4.79 Å². The fourth-order valence-electron chi connectivity index (χ4n) is 3.42. The van der Waals surface area contributed by atoms with E-state index in [1.807, 2.05) is 54.0 Å².